The number of rotatable bonds is 5. The minimum absolute atomic E-state index is 0.0200. The topological polar surface area (TPSA) is 65.2 Å². The molecule has 5 nitrogen and oxygen atoms in total. The van der Waals surface area contributed by atoms with E-state index in [9.17, 15) is 9.18 Å². The average molecular weight is 330 g/mol. The number of carbonyl (C=O) groups excluding carboxylic acids is 1. The molecule has 0 unspecified atom stereocenters. The van der Waals surface area contributed by atoms with Gasteiger partial charge in [0.05, 0.1) is 0 Å². The van der Waals surface area contributed by atoms with E-state index in [1.807, 2.05) is 0 Å². The van der Waals surface area contributed by atoms with Crippen molar-refractivity contribution in [2.75, 3.05) is 0 Å². The Morgan fingerprint density at radius 3 is 2.79 bits per heavy atom. The lowest BCUT2D eigenvalue weighted by atomic mass is 9.86. The number of ether oxygens (including phenoxy) is 1. The fraction of sp³-hybridized carbons (Fsp3) is 0.500. The van der Waals surface area contributed by atoms with Crippen LogP contribution in [0.2, 0.25) is 0 Å². The lowest BCUT2D eigenvalue weighted by Gasteiger charge is -2.20. The zero-order chi connectivity index (χ0) is 16.5. The summed E-state index contributed by atoms with van der Waals surface area (Å²) in [6, 6.07) is 5.82. The minimum atomic E-state index is -0.322. The zero-order valence-corrected chi connectivity index (χ0v) is 13.3. The van der Waals surface area contributed by atoms with Gasteiger partial charge in [0.15, 0.2) is 6.61 Å². The number of aromatic nitrogens is 2. The van der Waals surface area contributed by atoms with Gasteiger partial charge in [0, 0.05) is 12.0 Å². The third-order valence-corrected chi connectivity index (χ3v) is 5.24. The summed E-state index contributed by atoms with van der Waals surface area (Å²) in [4.78, 5) is 16.2. The Hall–Kier alpha value is -2.24. The Morgan fingerprint density at radius 2 is 2.08 bits per heavy atom. The molecule has 3 atom stereocenters. The highest BCUT2D eigenvalue weighted by Gasteiger charge is 2.40. The van der Waals surface area contributed by atoms with Crippen molar-refractivity contribution in [1.29, 1.82) is 0 Å². The molecule has 0 N–H and O–H groups in total. The number of hydrogen-bond donors (Lipinski definition) is 0. The van der Waals surface area contributed by atoms with Crippen molar-refractivity contribution in [1.82, 2.24) is 10.1 Å². The summed E-state index contributed by atoms with van der Waals surface area (Å²) in [7, 11) is 0. The van der Waals surface area contributed by atoms with Crippen LogP contribution in [0.4, 0.5) is 4.39 Å². The molecule has 2 aliphatic carbocycles. The summed E-state index contributed by atoms with van der Waals surface area (Å²) in [5, 5.41) is 3.83. The van der Waals surface area contributed by atoms with Crippen LogP contribution < -0.4 is 0 Å². The van der Waals surface area contributed by atoms with Crippen LogP contribution in [0.25, 0.3) is 11.4 Å². The second-order valence-corrected chi connectivity index (χ2v) is 6.82. The van der Waals surface area contributed by atoms with E-state index < -0.39 is 0 Å². The third-order valence-electron chi connectivity index (χ3n) is 5.24. The first-order valence-electron chi connectivity index (χ1n) is 8.41. The maximum Gasteiger partial charge on any atom is 0.306 e. The largest absolute Gasteiger partial charge is 0.456 e. The van der Waals surface area contributed by atoms with Crippen LogP contribution in [0.5, 0.6) is 0 Å². The SMILES string of the molecule is O=C(C[C@H]1C[C@H]2CC[C@@H]1C2)OCc1nc(-c2ccc(F)cc2)no1. The van der Waals surface area contributed by atoms with Crippen LogP contribution in [0.1, 0.15) is 38.0 Å². The van der Waals surface area contributed by atoms with Crippen molar-refractivity contribution in [2.24, 2.45) is 17.8 Å². The summed E-state index contributed by atoms with van der Waals surface area (Å²) in [5.74, 6) is 2.09. The summed E-state index contributed by atoms with van der Waals surface area (Å²) in [6.07, 6.45) is 5.51. The van der Waals surface area contributed by atoms with Gasteiger partial charge in [-0.2, -0.15) is 4.98 Å². The highest BCUT2D eigenvalue weighted by atomic mass is 19.1. The van der Waals surface area contributed by atoms with Crippen molar-refractivity contribution in [3.63, 3.8) is 0 Å². The molecule has 2 fully saturated rings. The quantitative estimate of drug-likeness (QED) is 0.781. The molecular formula is C18H19FN2O3. The smallest absolute Gasteiger partial charge is 0.306 e. The fourth-order valence-corrected chi connectivity index (χ4v) is 4.07. The molecule has 4 rings (SSSR count). The first kappa shape index (κ1) is 15.3. The molecule has 6 heteroatoms. The van der Waals surface area contributed by atoms with Crippen LogP contribution in [0.15, 0.2) is 28.8 Å². The summed E-state index contributed by atoms with van der Waals surface area (Å²) in [5.41, 5.74) is 0.653. The van der Waals surface area contributed by atoms with Gasteiger partial charge in [-0.3, -0.25) is 4.79 Å². The summed E-state index contributed by atoms with van der Waals surface area (Å²) < 4.78 is 23.3. The van der Waals surface area contributed by atoms with E-state index in [0.717, 1.165) is 12.3 Å². The van der Waals surface area contributed by atoms with Crippen LogP contribution in [0.3, 0.4) is 0 Å². The highest BCUT2D eigenvalue weighted by molar-refractivity contribution is 5.69. The molecule has 0 spiro atoms. The van der Waals surface area contributed by atoms with E-state index in [2.05, 4.69) is 10.1 Å². The van der Waals surface area contributed by atoms with E-state index in [0.29, 0.717) is 29.6 Å². The molecule has 24 heavy (non-hydrogen) atoms. The van der Waals surface area contributed by atoms with Crippen molar-refractivity contribution in [3.05, 3.63) is 36.0 Å². The van der Waals surface area contributed by atoms with Gasteiger partial charge in [0.25, 0.3) is 5.89 Å². The van der Waals surface area contributed by atoms with Crippen LogP contribution in [0, 0.1) is 23.6 Å². The summed E-state index contributed by atoms with van der Waals surface area (Å²) in [6.45, 7) is -0.0200. The van der Waals surface area contributed by atoms with Crippen LogP contribution in [-0.4, -0.2) is 16.1 Å². The molecule has 2 saturated carbocycles. The van der Waals surface area contributed by atoms with Crippen LogP contribution in [-0.2, 0) is 16.1 Å². The fourth-order valence-electron chi connectivity index (χ4n) is 4.07. The predicted octanol–water partition coefficient (Wildman–Crippen LogP) is 3.75. The lowest BCUT2D eigenvalue weighted by Crippen LogP contribution is -2.17. The summed E-state index contributed by atoms with van der Waals surface area (Å²) >= 11 is 0. The normalized spacial score (nSPS) is 25.1. The van der Waals surface area contributed by atoms with Crippen molar-refractivity contribution < 1.29 is 18.4 Å². The second-order valence-electron chi connectivity index (χ2n) is 6.82. The van der Waals surface area contributed by atoms with E-state index in [1.54, 1.807) is 12.1 Å². The van der Waals surface area contributed by atoms with Gasteiger partial charge >= 0.3 is 5.97 Å². The molecule has 0 amide bonds. The Morgan fingerprint density at radius 1 is 1.25 bits per heavy atom. The molecule has 126 valence electrons. The molecule has 1 heterocycles. The van der Waals surface area contributed by atoms with Crippen molar-refractivity contribution in [3.8, 4) is 11.4 Å². The molecule has 1 aromatic carbocycles. The molecule has 1 aromatic heterocycles. The molecule has 0 radical (unpaired) electrons. The highest BCUT2D eigenvalue weighted by Crippen LogP contribution is 2.49. The number of hydrogen-bond acceptors (Lipinski definition) is 5. The minimum Gasteiger partial charge on any atom is -0.456 e. The Kier molecular flexibility index (Phi) is 4.04. The molecule has 2 aliphatic rings. The molecule has 0 aliphatic heterocycles. The van der Waals surface area contributed by atoms with Gasteiger partial charge in [0.2, 0.25) is 5.82 Å². The maximum atomic E-state index is 12.9. The maximum absolute atomic E-state index is 12.9. The van der Waals surface area contributed by atoms with Gasteiger partial charge in [-0.1, -0.05) is 11.6 Å². The zero-order valence-electron chi connectivity index (χ0n) is 13.3. The van der Waals surface area contributed by atoms with Gasteiger partial charge < -0.3 is 9.26 Å². The first-order chi connectivity index (χ1) is 11.7. The number of fused-ring (bicyclic) bond motifs is 2. The molecule has 0 saturated heterocycles. The molecular weight excluding hydrogens is 311 g/mol. The number of carbonyl (C=O) groups is 1. The number of benzene rings is 1. The number of nitrogens with zero attached hydrogens (tertiary/aromatic N) is 2. The standard InChI is InChI=1S/C18H19FN2O3/c19-15-5-3-12(4-6-15)18-20-16(24-21-18)10-23-17(22)9-14-8-11-1-2-13(14)7-11/h3-6,11,13-14H,1-2,7-10H2/t11-,13+,14+/m0/s1. The van der Waals surface area contributed by atoms with Gasteiger partial charge in [0.1, 0.15) is 5.82 Å². The first-order valence-corrected chi connectivity index (χ1v) is 8.41. The van der Waals surface area contributed by atoms with E-state index in [4.69, 9.17) is 9.26 Å². The van der Waals surface area contributed by atoms with E-state index in [1.165, 1.54) is 31.4 Å². The Labute approximate surface area is 139 Å². The molecule has 2 bridgehead atoms. The predicted molar refractivity (Wildman–Crippen MR) is 83.0 cm³/mol. The van der Waals surface area contributed by atoms with E-state index >= 15 is 0 Å². The van der Waals surface area contributed by atoms with Gasteiger partial charge in [-0.05, 0) is 61.3 Å². The monoisotopic (exact) mass is 330 g/mol. The Bertz CT molecular complexity index is 728. The average Bonchev–Trinajstić information content (AvgIpc) is 3.30. The van der Waals surface area contributed by atoms with Crippen LogP contribution >= 0.6 is 0 Å². The number of halogens is 1. The van der Waals surface area contributed by atoms with Gasteiger partial charge in [-0.25, -0.2) is 4.39 Å². The lowest BCUT2D eigenvalue weighted by molar-refractivity contribution is -0.147. The number of esters is 1. The Balaban J connectivity index is 1.30. The molecule has 2 aromatic rings. The van der Waals surface area contributed by atoms with Crippen molar-refractivity contribution >= 4 is 5.97 Å². The third kappa shape index (κ3) is 3.18. The second kappa shape index (κ2) is 6.34. The van der Waals surface area contributed by atoms with Gasteiger partial charge in [-0.15, -0.1) is 0 Å². The van der Waals surface area contributed by atoms with E-state index in [-0.39, 0.29) is 24.3 Å². The van der Waals surface area contributed by atoms with Crippen molar-refractivity contribution in [2.45, 2.75) is 38.7 Å².